The van der Waals surface area contributed by atoms with E-state index in [1.54, 1.807) is 24.3 Å². The molecule has 0 aliphatic carbocycles. The maximum atomic E-state index is 14.1. The largest absolute Gasteiger partial charge is 0.483 e. The highest BCUT2D eigenvalue weighted by molar-refractivity contribution is 7.05. The molecule has 3 rings (SSSR count). The predicted molar refractivity (Wildman–Crippen MR) is 89.6 cm³/mol. The highest BCUT2D eigenvalue weighted by Gasteiger charge is 2.19. The zero-order valence-electron chi connectivity index (χ0n) is 12.5. The molecule has 9 heteroatoms. The summed E-state index contributed by atoms with van der Waals surface area (Å²) in [4.78, 5) is 15.4. The Labute approximate surface area is 150 Å². The van der Waals surface area contributed by atoms with Gasteiger partial charge in [-0.2, -0.15) is 4.37 Å². The molecular weight excluding hydrogens is 372 g/mol. The molecule has 0 bridgehead atoms. The Kier molecular flexibility index (Phi) is 4.91. The van der Waals surface area contributed by atoms with E-state index in [0.717, 1.165) is 29.2 Å². The maximum absolute atomic E-state index is 14.1. The summed E-state index contributed by atoms with van der Waals surface area (Å²) < 4.78 is 37.0. The van der Waals surface area contributed by atoms with Crippen molar-refractivity contribution in [1.29, 1.82) is 0 Å². The molecule has 0 saturated heterocycles. The van der Waals surface area contributed by atoms with Gasteiger partial charge >= 0.3 is 0 Å². The molecule has 128 valence electrons. The quantitative estimate of drug-likeness (QED) is 0.728. The molecule has 5 nitrogen and oxygen atoms in total. The lowest BCUT2D eigenvalue weighted by Gasteiger charge is -2.08. The van der Waals surface area contributed by atoms with Crippen LogP contribution in [0.3, 0.4) is 0 Å². The van der Waals surface area contributed by atoms with E-state index in [1.807, 2.05) is 0 Å². The van der Waals surface area contributed by atoms with Crippen molar-refractivity contribution in [2.45, 2.75) is 6.61 Å². The van der Waals surface area contributed by atoms with Crippen LogP contribution in [0.2, 0.25) is 5.02 Å². The van der Waals surface area contributed by atoms with Gasteiger partial charge in [0.05, 0.1) is 0 Å². The van der Waals surface area contributed by atoms with Gasteiger partial charge in [0, 0.05) is 10.6 Å². The zero-order valence-corrected chi connectivity index (χ0v) is 14.1. The number of hydrogen-bond acceptors (Lipinski definition) is 5. The molecule has 0 aliphatic heterocycles. The lowest BCUT2D eigenvalue weighted by molar-refractivity contribution is 0.0991. The Morgan fingerprint density at radius 1 is 1.20 bits per heavy atom. The number of hydrogen-bond donors (Lipinski definition) is 1. The van der Waals surface area contributed by atoms with Gasteiger partial charge < -0.3 is 10.5 Å². The first-order chi connectivity index (χ1) is 12.0. The summed E-state index contributed by atoms with van der Waals surface area (Å²) in [6, 6.07) is 8.97. The van der Waals surface area contributed by atoms with Crippen LogP contribution in [0.15, 0.2) is 36.4 Å². The lowest BCUT2D eigenvalue weighted by Crippen LogP contribution is -2.16. The maximum Gasteiger partial charge on any atom is 0.254 e. The van der Waals surface area contributed by atoms with Crippen LogP contribution in [0.25, 0.3) is 11.4 Å². The first-order valence-corrected chi connectivity index (χ1v) is 8.10. The molecule has 0 fully saturated rings. The van der Waals surface area contributed by atoms with Crippen molar-refractivity contribution in [3.63, 3.8) is 0 Å². The Morgan fingerprint density at radius 3 is 2.60 bits per heavy atom. The lowest BCUT2D eigenvalue weighted by atomic mass is 10.2. The molecule has 0 unspecified atom stereocenters. The van der Waals surface area contributed by atoms with Crippen LogP contribution in [-0.4, -0.2) is 15.3 Å². The second kappa shape index (κ2) is 7.12. The van der Waals surface area contributed by atoms with Gasteiger partial charge in [0.1, 0.15) is 18.0 Å². The summed E-state index contributed by atoms with van der Waals surface area (Å²) >= 11 is 6.91. The summed E-state index contributed by atoms with van der Waals surface area (Å²) in [6.45, 7) is -0.0913. The fraction of sp³-hybridized carbons (Fsp3) is 0.0625. The number of ether oxygens (including phenoxy) is 1. The van der Waals surface area contributed by atoms with Gasteiger partial charge in [-0.1, -0.05) is 11.6 Å². The Balaban J connectivity index is 1.76. The highest BCUT2D eigenvalue weighted by Crippen LogP contribution is 2.25. The molecule has 2 aromatic carbocycles. The normalized spacial score (nSPS) is 10.7. The molecule has 0 saturated carbocycles. The Bertz CT molecular complexity index is 932. The molecule has 0 radical (unpaired) electrons. The van der Waals surface area contributed by atoms with Gasteiger partial charge in [0.15, 0.2) is 22.4 Å². The average Bonchev–Trinajstić information content (AvgIpc) is 3.03. The summed E-state index contributed by atoms with van der Waals surface area (Å²) in [5, 5.41) is 1.08. The minimum absolute atomic E-state index is 0.0913. The first-order valence-electron chi connectivity index (χ1n) is 6.95. The molecular formula is C16H10ClF2N3O2S. The van der Waals surface area contributed by atoms with Crippen LogP contribution < -0.4 is 10.5 Å². The van der Waals surface area contributed by atoms with E-state index < -0.39 is 23.1 Å². The van der Waals surface area contributed by atoms with Crippen molar-refractivity contribution in [1.82, 2.24) is 9.36 Å². The number of amides is 1. The standard InChI is InChI=1S/C16H10ClF2N3O2S/c17-9-3-1-8(2-4-9)16-21-12(25-22-16)7-24-11-6-5-10(18)13(14(11)19)15(20)23/h1-6H,7H2,(H2,20,23). The number of halogens is 3. The first kappa shape index (κ1) is 17.2. The van der Waals surface area contributed by atoms with Crippen molar-refractivity contribution >= 4 is 29.0 Å². The number of primary amides is 1. The van der Waals surface area contributed by atoms with Crippen molar-refractivity contribution in [3.05, 3.63) is 63.6 Å². The number of carbonyl (C=O) groups is 1. The monoisotopic (exact) mass is 381 g/mol. The molecule has 2 N–H and O–H groups in total. The Morgan fingerprint density at radius 2 is 1.92 bits per heavy atom. The van der Waals surface area contributed by atoms with Gasteiger partial charge in [-0.3, -0.25) is 4.79 Å². The van der Waals surface area contributed by atoms with E-state index in [2.05, 4.69) is 9.36 Å². The van der Waals surface area contributed by atoms with E-state index in [-0.39, 0.29) is 12.4 Å². The molecule has 0 aliphatic rings. The SMILES string of the molecule is NC(=O)c1c(F)ccc(OCc2nc(-c3ccc(Cl)cc3)ns2)c1F. The van der Waals surface area contributed by atoms with Gasteiger partial charge in [-0.15, -0.1) is 0 Å². The van der Waals surface area contributed by atoms with E-state index in [0.29, 0.717) is 15.9 Å². The fourth-order valence-corrected chi connectivity index (χ4v) is 2.74. The third kappa shape index (κ3) is 3.75. The van der Waals surface area contributed by atoms with E-state index in [9.17, 15) is 13.6 Å². The molecule has 1 aromatic heterocycles. The average molecular weight is 382 g/mol. The van der Waals surface area contributed by atoms with Gasteiger partial charge in [0.2, 0.25) is 0 Å². The van der Waals surface area contributed by atoms with Crippen molar-refractivity contribution in [2.24, 2.45) is 5.73 Å². The second-order valence-electron chi connectivity index (χ2n) is 4.91. The molecule has 0 atom stereocenters. The van der Waals surface area contributed by atoms with Crippen molar-refractivity contribution < 1.29 is 18.3 Å². The van der Waals surface area contributed by atoms with Crippen LogP contribution in [0.4, 0.5) is 8.78 Å². The minimum Gasteiger partial charge on any atom is -0.483 e. The zero-order chi connectivity index (χ0) is 18.0. The fourth-order valence-electron chi connectivity index (χ4n) is 2.04. The van der Waals surface area contributed by atoms with Crippen molar-refractivity contribution in [2.75, 3.05) is 0 Å². The van der Waals surface area contributed by atoms with Gasteiger partial charge in [-0.05, 0) is 47.9 Å². The third-order valence-corrected chi connectivity index (χ3v) is 4.16. The van der Waals surface area contributed by atoms with Crippen LogP contribution in [0, 0.1) is 11.6 Å². The van der Waals surface area contributed by atoms with Crippen LogP contribution in [0.5, 0.6) is 5.75 Å². The topological polar surface area (TPSA) is 78.1 Å². The van der Waals surface area contributed by atoms with E-state index in [1.165, 1.54) is 0 Å². The summed E-state index contributed by atoms with van der Waals surface area (Å²) in [6.07, 6.45) is 0. The third-order valence-electron chi connectivity index (χ3n) is 3.22. The molecule has 3 aromatic rings. The Hall–Kier alpha value is -2.58. The summed E-state index contributed by atoms with van der Waals surface area (Å²) in [7, 11) is 0. The highest BCUT2D eigenvalue weighted by atomic mass is 35.5. The predicted octanol–water partition coefficient (Wildman–Crippen LogP) is 3.81. The van der Waals surface area contributed by atoms with Crippen molar-refractivity contribution in [3.8, 4) is 17.1 Å². The number of nitrogens with two attached hydrogens (primary N) is 1. The molecule has 25 heavy (non-hydrogen) atoms. The number of rotatable bonds is 5. The molecule has 1 amide bonds. The number of benzene rings is 2. The number of nitrogens with zero attached hydrogens (tertiary/aromatic N) is 2. The summed E-state index contributed by atoms with van der Waals surface area (Å²) in [5.41, 5.74) is 4.90. The molecule has 0 spiro atoms. The van der Waals surface area contributed by atoms with Gasteiger partial charge in [-0.25, -0.2) is 13.8 Å². The number of aromatic nitrogens is 2. The van der Waals surface area contributed by atoms with E-state index >= 15 is 0 Å². The molecule has 1 heterocycles. The number of carbonyl (C=O) groups excluding carboxylic acids is 1. The van der Waals surface area contributed by atoms with Crippen LogP contribution >= 0.6 is 23.1 Å². The minimum atomic E-state index is -1.21. The second-order valence-corrected chi connectivity index (χ2v) is 6.18. The van der Waals surface area contributed by atoms with Crippen LogP contribution in [-0.2, 0) is 6.61 Å². The summed E-state index contributed by atoms with van der Waals surface area (Å²) in [5.74, 6) is -3.20. The van der Waals surface area contributed by atoms with E-state index in [4.69, 9.17) is 22.1 Å². The van der Waals surface area contributed by atoms with Gasteiger partial charge in [0.25, 0.3) is 5.91 Å². The van der Waals surface area contributed by atoms with Crippen LogP contribution in [0.1, 0.15) is 15.4 Å². The smallest absolute Gasteiger partial charge is 0.254 e.